The number of likely N-dealkylation sites (tertiary alicyclic amines) is 1. The van der Waals surface area contributed by atoms with Gasteiger partial charge in [0.2, 0.25) is 5.89 Å². The van der Waals surface area contributed by atoms with E-state index < -0.39 is 0 Å². The average molecular weight is 264 g/mol. The van der Waals surface area contributed by atoms with Gasteiger partial charge in [-0.1, -0.05) is 5.16 Å². The van der Waals surface area contributed by atoms with Crippen LogP contribution in [0.25, 0.3) is 0 Å². The highest BCUT2D eigenvalue weighted by Gasteiger charge is 2.23. The summed E-state index contributed by atoms with van der Waals surface area (Å²) in [5.41, 5.74) is 0. The Balaban J connectivity index is 1.58. The highest BCUT2D eigenvalue weighted by molar-refractivity contribution is 4.97. The Bertz CT molecular complexity index is 400. The Morgan fingerprint density at radius 2 is 2.32 bits per heavy atom. The zero-order chi connectivity index (χ0) is 13.1. The topological polar surface area (TPSA) is 54.2 Å². The Labute approximate surface area is 114 Å². The molecule has 2 aliphatic rings. The lowest BCUT2D eigenvalue weighted by Gasteiger charge is -2.28. The quantitative estimate of drug-likeness (QED) is 0.895. The molecule has 1 N–H and O–H groups in total. The molecule has 0 saturated carbocycles. The van der Waals surface area contributed by atoms with E-state index in [1.807, 2.05) is 0 Å². The van der Waals surface area contributed by atoms with Crippen molar-refractivity contribution in [2.24, 2.45) is 5.92 Å². The number of nitrogens with one attached hydrogen (secondary N) is 1. The highest BCUT2D eigenvalue weighted by Crippen LogP contribution is 2.23. The monoisotopic (exact) mass is 264 g/mol. The molecular formula is C14H24N4O. The molecule has 2 unspecified atom stereocenters. The van der Waals surface area contributed by atoms with Crippen LogP contribution < -0.4 is 5.32 Å². The van der Waals surface area contributed by atoms with Crippen molar-refractivity contribution in [3.8, 4) is 0 Å². The van der Waals surface area contributed by atoms with Gasteiger partial charge in [-0.15, -0.1) is 0 Å². The molecule has 0 radical (unpaired) electrons. The van der Waals surface area contributed by atoms with E-state index >= 15 is 0 Å². The molecule has 2 saturated heterocycles. The average Bonchev–Trinajstić information content (AvgIpc) is 2.88. The molecule has 2 fully saturated rings. The Kier molecular flexibility index (Phi) is 4.13. The molecule has 0 amide bonds. The van der Waals surface area contributed by atoms with Gasteiger partial charge in [-0.3, -0.25) is 0 Å². The van der Waals surface area contributed by atoms with Crippen LogP contribution in [0.3, 0.4) is 0 Å². The summed E-state index contributed by atoms with van der Waals surface area (Å²) >= 11 is 0. The number of hydrogen-bond acceptors (Lipinski definition) is 5. The van der Waals surface area contributed by atoms with Gasteiger partial charge in [0.15, 0.2) is 5.82 Å². The third kappa shape index (κ3) is 3.34. The van der Waals surface area contributed by atoms with Crippen LogP contribution in [0.15, 0.2) is 4.52 Å². The lowest BCUT2D eigenvalue weighted by molar-refractivity contribution is 0.206. The van der Waals surface area contributed by atoms with Gasteiger partial charge in [-0.05, 0) is 51.7 Å². The van der Waals surface area contributed by atoms with E-state index in [4.69, 9.17) is 4.52 Å². The van der Waals surface area contributed by atoms with Crippen molar-refractivity contribution >= 4 is 0 Å². The molecular weight excluding hydrogens is 240 g/mol. The third-order valence-corrected chi connectivity index (χ3v) is 4.32. The zero-order valence-electron chi connectivity index (χ0n) is 11.8. The molecule has 0 spiro atoms. The van der Waals surface area contributed by atoms with Gasteiger partial charge in [-0.25, -0.2) is 0 Å². The summed E-state index contributed by atoms with van der Waals surface area (Å²) in [5.74, 6) is 2.85. The second kappa shape index (κ2) is 6.01. The summed E-state index contributed by atoms with van der Waals surface area (Å²) in [6.07, 6.45) is 5.92. The van der Waals surface area contributed by atoms with E-state index in [0.29, 0.717) is 11.8 Å². The lowest BCUT2D eigenvalue weighted by atomic mass is 9.95. The van der Waals surface area contributed by atoms with Crippen LogP contribution in [0.5, 0.6) is 0 Å². The summed E-state index contributed by atoms with van der Waals surface area (Å²) in [6.45, 7) is 4.48. The van der Waals surface area contributed by atoms with Gasteiger partial charge in [0.05, 0.1) is 5.92 Å². The zero-order valence-corrected chi connectivity index (χ0v) is 11.8. The normalized spacial score (nSPS) is 29.5. The molecule has 1 aromatic heterocycles. The number of nitrogens with zero attached hydrogens (tertiary/aromatic N) is 3. The minimum absolute atomic E-state index is 0.420. The van der Waals surface area contributed by atoms with Crippen LogP contribution in [0.1, 0.15) is 43.3 Å². The predicted octanol–water partition coefficient (Wildman–Crippen LogP) is 1.42. The van der Waals surface area contributed by atoms with Gasteiger partial charge < -0.3 is 14.7 Å². The molecule has 2 aliphatic heterocycles. The van der Waals surface area contributed by atoms with Gasteiger partial charge in [0.25, 0.3) is 0 Å². The summed E-state index contributed by atoms with van der Waals surface area (Å²) in [6, 6.07) is 0. The molecule has 0 aromatic carbocycles. The molecule has 19 heavy (non-hydrogen) atoms. The molecule has 106 valence electrons. The molecule has 3 rings (SSSR count). The summed E-state index contributed by atoms with van der Waals surface area (Å²) in [7, 11) is 2.20. The summed E-state index contributed by atoms with van der Waals surface area (Å²) in [4.78, 5) is 7.02. The van der Waals surface area contributed by atoms with E-state index in [2.05, 4.69) is 27.4 Å². The van der Waals surface area contributed by atoms with Gasteiger partial charge in [0, 0.05) is 19.5 Å². The van der Waals surface area contributed by atoms with Gasteiger partial charge >= 0.3 is 0 Å². The van der Waals surface area contributed by atoms with Crippen molar-refractivity contribution < 1.29 is 4.52 Å². The first-order chi connectivity index (χ1) is 9.31. The van der Waals surface area contributed by atoms with Crippen molar-refractivity contribution in [3.05, 3.63) is 11.7 Å². The highest BCUT2D eigenvalue weighted by atomic mass is 16.5. The minimum atomic E-state index is 0.420. The lowest BCUT2D eigenvalue weighted by Crippen LogP contribution is -2.33. The van der Waals surface area contributed by atoms with Crippen molar-refractivity contribution in [1.29, 1.82) is 0 Å². The smallest absolute Gasteiger partial charge is 0.231 e. The van der Waals surface area contributed by atoms with Crippen LogP contribution >= 0.6 is 0 Å². The largest absolute Gasteiger partial charge is 0.339 e. The standard InChI is InChI=1S/C14H24N4O/c1-18-7-3-4-11(10-18)8-13-16-14(19-17-13)12-5-2-6-15-9-12/h11-12,15H,2-10H2,1H3. The Hall–Kier alpha value is -0.940. The van der Waals surface area contributed by atoms with Crippen LogP contribution in [-0.4, -0.2) is 48.3 Å². The number of hydrogen-bond donors (Lipinski definition) is 1. The van der Waals surface area contributed by atoms with Crippen LogP contribution in [0.4, 0.5) is 0 Å². The Morgan fingerprint density at radius 1 is 1.37 bits per heavy atom. The van der Waals surface area contributed by atoms with Gasteiger partial charge in [0.1, 0.15) is 0 Å². The van der Waals surface area contributed by atoms with Crippen molar-refractivity contribution in [3.63, 3.8) is 0 Å². The molecule has 2 atom stereocenters. The first-order valence-corrected chi connectivity index (χ1v) is 7.53. The van der Waals surface area contributed by atoms with E-state index in [9.17, 15) is 0 Å². The first kappa shape index (κ1) is 13.1. The number of piperidine rings is 2. The van der Waals surface area contributed by atoms with E-state index in [0.717, 1.165) is 37.8 Å². The molecule has 0 bridgehead atoms. The van der Waals surface area contributed by atoms with Crippen molar-refractivity contribution in [1.82, 2.24) is 20.4 Å². The fraction of sp³-hybridized carbons (Fsp3) is 0.857. The van der Waals surface area contributed by atoms with E-state index in [1.54, 1.807) is 0 Å². The predicted molar refractivity (Wildman–Crippen MR) is 73.1 cm³/mol. The first-order valence-electron chi connectivity index (χ1n) is 7.53. The molecule has 1 aromatic rings. The molecule has 5 nitrogen and oxygen atoms in total. The molecule has 5 heteroatoms. The van der Waals surface area contributed by atoms with Crippen molar-refractivity contribution in [2.45, 2.75) is 38.0 Å². The minimum Gasteiger partial charge on any atom is -0.339 e. The summed E-state index contributed by atoms with van der Waals surface area (Å²) in [5, 5.41) is 7.57. The maximum atomic E-state index is 5.46. The Morgan fingerprint density at radius 3 is 3.11 bits per heavy atom. The van der Waals surface area contributed by atoms with E-state index in [-0.39, 0.29) is 0 Å². The maximum Gasteiger partial charge on any atom is 0.231 e. The van der Waals surface area contributed by atoms with E-state index in [1.165, 1.54) is 32.2 Å². The maximum absolute atomic E-state index is 5.46. The SMILES string of the molecule is CN1CCCC(Cc2noc(C3CCCNC3)n2)C1. The second-order valence-corrected chi connectivity index (χ2v) is 6.07. The van der Waals surface area contributed by atoms with Gasteiger partial charge in [-0.2, -0.15) is 4.98 Å². The van der Waals surface area contributed by atoms with Crippen LogP contribution in [0, 0.1) is 5.92 Å². The fourth-order valence-corrected chi connectivity index (χ4v) is 3.28. The van der Waals surface area contributed by atoms with Crippen molar-refractivity contribution in [2.75, 3.05) is 33.2 Å². The number of rotatable bonds is 3. The third-order valence-electron chi connectivity index (χ3n) is 4.32. The second-order valence-electron chi connectivity index (χ2n) is 6.07. The molecule has 0 aliphatic carbocycles. The van der Waals surface area contributed by atoms with Crippen LogP contribution in [0.2, 0.25) is 0 Å². The van der Waals surface area contributed by atoms with Crippen LogP contribution in [-0.2, 0) is 6.42 Å². The number of aromatic nitrogens is 2. The summed E-state index contributed by atoms with van der Waals surface area (Å²) < 4.78 is 5.46. The fourth-order valence-electron chi connectivity index (χ4n) is 3.28. The molecule has 3 heterocycles.